The number of allylic oxidation sites excluding steroid dienone is 1. The van der Waals surface area contributed by atoms with Crippen LogP contribution in [0.5, 0.6) is 5.75 Å². The van der Waals surface area contributed by atoms with Crippen molar-refractivity contribution in [3.8, 4) is 23.6 Å². The number of nitro groups is 1. The molecule has 4 aromatic rings. The molecule has 36 heavy (non-hydrogen) atoms. The maximum Gasteiger partial charge on any atom is 0.269 e. The molecule has 0 radical (unpaired) electrons. The molecule has 0 fully saturated rings. The topological polar surface area (TPSA) is 105 Å². The van der Waals surface area contributed by atoms with Gasteiger partial charge in [0.25, 0.3) is 5.69 Å². The van der Waals surface area contributed by atoms with Crippen LogP contribution in [0.1, 0.15) is 33.6 Å². The highest BCUT2D eigenvalue weighted by Crippen LogP contribution is 2.27. The Bertz CT molecular complexity index is 1530. The third kappa shape index (κ3) is 5.01. The van der Waals surface area contributed by atoms with Gasteiger partial charge in [0.1, 0.15) is 12.4 Å². The molecule has 0 aliphatic rings. The molecule has 0 amide bonds. The highest BCUT2D eigenvalue weighted by atomic mass is 16.6. The van der Waals surface area contributed by atoms with Gasteiger partial charge in [-0.05, 0) is 79.6 Å². The molecular weight excluding hydrogens is 452 g/mol. The second-order valence-corrected chi connectivity index (χ2v) is 8.19. The number of rotatable bonds is 7. The van der Waals surface area contributed by atoms with E-state index in [-0.39, 0.29) is 5.69 Å². The molecule has 0 aliphatic heterocycles. The van der Waals surface area contributed by atoms with Gasteiger partial charge in [-0.25, -0.2) is 0 Å². The Balaban J connectivity index is 1.56. The Morgan fingerprint density at radius 1 is 1.03 bits per heavy atom. The second kappa shape index (κ2) is 10.4. The maximum atomic E-state index is 10.9. The molecule has 0 saturated heterocycles. The number of benzene rings is 3. The lowest BCUT2D eigenvalue weighted by Gasteiger charge is -2.12. The number of non-ortho nitro benzene ring substituents is 1. The minimum atomic E-state index is -0.464. The standard InChI is InChI=1S/C29H22N4O3/c1-20-15-25(16-26(18-31)22-7-9-28(10-8-22)33(34)35)21(2)32(20)27-11-13-29(14-12-27)36-19-24-6-4-3-5-23(24)17-30/h3-16H,19H2,1-2H3/b26-16-. The average Bonchev–Trinajstić information content (AvgIpc) is 3.18. The number of nitriles is 2. The zero-order chi connectivity index (χ0) is 25.7. The summed E-state index contributed by atoms with van der Waals surface area (Å²) >= 11 is 0. The monoisotopic (exact) mass is 474 g/mol. The van der Waals surface area contributed by atoms with Crippen LogP contribution in [-0.2, 0) is 6.61 Å². The Morgan fingerprint density at radius 2 is 1.72 bits per heavy atom. The first-order valence-electron chi connectivity index (χ1n) is 11.2. The van der Waals surface area contributed by atoms with Gasteiger partial charge in [-0.15, -0.1) is 0 Å². The first-order chi connectivity index (χ1) is 17.4. The molecule has 0 aliphatic carbocycles. The van der Waals surface area contributed by atoms with E-state index in [0.717, 1.165) is 28.2 Å². The van der Waals surface area contributed by atoms with Crippen LogP contribution in [0, 0.1) is 46.6 Å². The van der Waals surface area contributed by atoms with E-state index in [1.165, 1.54) is 12.1 Å². The van der Waals surface area contributed by atoms with E-state index >= 15 is 0 Å². The number of nitro benzene ring substituents is 1. The van der Waals surface area contributed by atoms with Crippen LogP contribution in [-0.4, -0.2) is 9.49 Å². The van der Waals surface area contributed by atoms with Crippen molar-refractivity contribution >= 4 is 17.3 Å². The number of aromatic nitrogens is 1. The summed E-state index contributed by atoms with van der Waals surface area (Å²) < 4.78 is 7.97. The maximum absolute atomic E-state index is 10.9. The SMILES string of the molecule is Cc1cc(/C=C(/C#N)c2ccc([N+](=O)[O-])cc2)c(C)n1-c1ccc(OCc2ccccc2C#N)cc1. The van der Waals surface area contributed by atoms with Crippen LogP contribution in [0.15, 0.2) is 78.9 Å². The van der Waals surface area contributed by atoms with E-state index in [0.29, 0.717) is 29.1 Å². The van der Waals surface area contributed by atoms with Crippen molar-refractivity contribution in [2.45, 2.75) is 20.5 Å². The van der Waals surface area contributed by atoms with Gasteiger partial charge in [0, 0.05) is 34.8 Å². The number of aryl methyl sites for hydroxylation is 1. The first-order valence-corrected chi connectivity index (χ1v) is 11.2. The van der Waals surface area contributed by atoms with Gasteiger partial charge in [0.15, 0.2) is 0 Å². The summed E-state index contributed by atoms with van der Waals surface area (Å²) in [5.74, 6) is 0.694. The van der Waals surface area contributed by atoms with Gasteiger partial charge in [-0.2, -0.15) is 10.5 Å². The van der Waals surface area contributed by atoms with Crippen molar-refractivity contribution in [1.29, 1.82) is 10.5 Å². The van der Waals surface area contributed by atoms with Gasteiger partial charge in [-0.3, -0.25) is 10.1 Å². The summed E-state index contributed by atoms with van der Waals surface area (Å²) in [6.45, 7) is 4.28. The fourth-order valence-corrected chi connectivity index (χ4v) is 4.04. The zero-order valence-electron chi connectivity index (χ0n) is 19.8. The number of nitrogens with zero attached hydrogens (tertiary/aromatic N) is 4. The number of hydrogen-bond acceptors (Lipinski definition) is 5. The largest absolute Gasteiger partial charge is 0.489 e. The van der Waals surface area contributed by atoms with Gasteiger partial charge in [0.2, 0.25) is 0 Å². The van der Waals surface area contributed by atoms with Crippen molar-refractivity contribution in [2.75, 3.05) is 0 Å². The summed E-state index contributed by atoms with van der Waals surface area (Å²) in [5.41, 5.74) is 6.24. The fraction of sp³-hybridized carbons (Fsp3) is 0.103. The summed E-state index contributed by atoms with van der Waals surface area (Å²) in [4.78, 5) is 10.5. The van der Waals surface area contributed by atoms with Crippen LogP contribution in [0.3, 0.4) is 0 Å². The van der Waals surface area contributed by atoms with Crippen molar-refractivity contribution in [2.24, 2.45) is 0 Å². The molecule has 0 bridgehead atoms. The predicted molar refractivity (Wildman–Crippen MR) is 137 cm³/mol. The normalized spacial score (nSPS) is 10.9. The molecule has 1 aromatic heterocycles. The van der Waals surface area contributed by atoms with E-state index in [2.05, 4.69) is 16.7 Å². The molecule has 1 heterocycles. The highest BCUT2D eigenvalue weighted by Gasteiger charge is 2.12. The minimum Gasteiger partial charge on any atom is -0.489 e. The van der Waals surface area contributed by atoms with Crippen LogP contribution in [0.2, 0.25) is 0 Å². The van der Waals surface area contributed by atoms with Crippen molar-refractivity contribution < 1.29 is 9.66 Å². The molecule has 7 heteroatoms. The van der Waals surface area contributed by atoms with E-state index in [4.69, 9.17) is 4.74 Å². The lowest BCUT2D eigenvalue weighted by molar-refractivity contribution is -0.384. The van der Waals surface area contributed by atoms with Crippen molar-refractivity contribution in [3.63, 3.8) is 0 Å². The summed E-state index contributed by atoms with van der Waals surface area (Å²) in [7, 11) is 0. The van der Waals surface area contributed by atoms with Gasteiger partial charge >= 0.3 is 0 Å². The van der Waals surface area contributed by atoms with Crippen LogP contribution >= 0.6 is 0 Å². The molecule has 0 unspecified atom stereocenters. The van der Waals surface area contributed by atoms with Crippen LogP contribution in [0.25, 0.3) is 17.3 Å². The lowest BCUT2D eigenvalue weighted by atomic mass is 10.0. The Morgan fingerprint density at radius 3 is 2.36 bits per heavy atom. The summed E-state index contributed by atoms with van der Waals surface area (Å²) in [6, 6.07) is 27.4. The molecule has 176 valence electrons. The van der Waals surface area contributed by atoms with Crippen molar-refractivity contribution in [1.82, 2.24) is 4.57 Å². The third-order valence-electron chi connectivity index (χ3n) is 5.91. The van der Waals surface area contributed by atoms with Gasteiger partial charge in [0.05, 0.1) is 28.2 Å². The second-order valence-electron chi connectivity index (χ2n) is 8.19. The molecule has 0 N–H and O–H groups in total. The molecular formula is C29H22N4O3. The molecule has 0 spiro atoms. The van der Waals surface area contributed by atoms with Crippen LogP contribution < -0.4 is 4.74 Å². The van der Waals surface area contributed by atoms with E-state index in [9.17, 15) is 20.6 Å². The van der Waals surface area contributed by atoms with Gasteiger partial charge < -0.3 is 9.30 Å². The predicted octanol–water partition coefficient (Wildman–Crippen LogP) is 6.52. The number of ether oxygens (including phenoxy) is 1. The molecule has 7 nitrogen and oxygen atoms in total. The summed E-state index contributed by atoms with van der Waals surface area (Å²) in [6.07, 6.45) is 1.80. The van der Waals surface area contributed by atoms with E-state index < -0.39 is 4.92 Å². The molecule has 0 saturated carbocycles. The quantitative estimate of drug-likeness (QED) is 0.172. The summed E-state index contributed by atoms with van der Waals surface area (Å²) in [5, 5.41) is 29.9. The van der Waals surface area contributed by atoms with E-state index in [1.807, 2.05) is 62.4 Å². The minimum absolute atomic E-state index is 0.0177. The number of hydrogen-bond donors (Lipinski definition) is 0. The third-order valence-corrected chi connectivity index (χ3v) is 5.91. The van der Waals surface area contributed by atoms with Crippen LogP contribution in [0.4, 0.5) is 5.69 Å². The van der Waals surface area contributed by atoms with Crippen molar-refractivity contribution in [3.05, 3.63) is 123 Å². The molecule has 4 rings (SSSR count). The zero-order valence-corrected chi connectivity index (χ0v) is 19.8. The first kappa shape index (κ1) is 24.0. The van der Waals surface area contributed by atoms with E-state index in [1.54, 1.807) is 24.3 Å². The fourth-order valence-electron chi connectivity index (χ4n) is 4.04. The Labute approximate surface area is 208 Å². The highest BCUT2D eigenvalue weighted by molar-refractivity contribution is 5.90. The smallest absolute Gasteiger partial charge is 0.269 e. The Hall–Kier alpha value is -5.14. The molecule has 0 atom stereocenters. The van der Waals surface area contributed by atoms with Gasteiger partial charge in [-0.1, -0.05) is 18.2 Å². The lowest BCUT2D eigenvalue weighted by Crippen LogP contribution is -2.00. The average molecular weight is 475 g/mol. The Kier molecular flexibility index (Phi) is 6.95. The molecule has 3 aromatic carbocycles.